The Morgan fingerprint density at radius 2 is 2.16 bits per heavy atom. The molecule has 0 radical (unpaired) electrons. The van der Waals surface area contributed by atoms with Crippen molar-refractivity contribution in [3.8, 4) is 0 Å². The van der Waals surface area contributed by atoms with Crippen molar-refractivity contribution >= 4 is 33.4 Å². The molecular formula is C12H19ClN2O2S2. The van der Waals surface area contributed by atoms with E-state index in [1.54, 1.807) is 17.8 Å². The predicted octanol–water partition coefficient (Wildman–Crippen LogP) is 2.08. The topological polar surface area (TPSA) is 72.2 Å². The first-order valence-corrected chi connectivity index (χ1v) is 9.13. The lowest BCUT2D eigenvalue weighted by Crippen LogP contribution is -2.29. The highest BCUT2D eigenvalue weighted by Gasteiger charge is 2.16. The highest BCUT2D eigenvalue weighted by atomic mass is 35.5. The van der Waals surface area contributed by atoms with E-state index in [4.69, 9.17) is 17.3 Å². The van der Waals surface area contributed by atoms with Crippen LogP contribution in [0.3, 0.4) is 0 Å². The molecule has 0 heterocycles. The molecule has 0 spiro atoms. The fraction of sp³-hybridized carbons (Fsp3) is 0.500. The zero-order chi connectivity index (χ0) is 14.5. The average Bonchev–Trinajstić information content (AvgIpc) is 2.37. The van der Waals surface area contributed by atoms with Crippen molar-refractivity contribution in [3.63, 3.8) is 0 Å². The molecule has 1 atom stereocenters. The van der Waals surface area contributed by atoms with Crippen molar-refractivity contribution in [1.29, 1.82) is 0 Å². The van der Waals surface area contributed by atoms with Crippen molar-refractivity contribution in [1.82, 2.24) is 4.72 Å². The number of halogens is 1. The van der Waals surface area contributed by atoms with Gasteiger partial charge < -0.3 is 5.73 Å². The van der Waals surface area contributed by atoms with E-state index in [9.17, 15) is 8.42 Å². The molecule has 7 heteroatoms. The molecule has 0 aliphatic heterocycles. The Balaban J connectivity index is 2.83. The molecule has 1 unspecified atom stereocenters. The monoisotopic (exact) mass is 322 g/mol. The molecule has 0 aliphatic rings. The second kappa shape index (κ2) is 7.50. The van der Waals surface area contributed by atoms with Crippen LogP contribution in [0.4, 0.5) is 0 Å². The van der Waals surface area contributed by atoms with E-state index in [1.807, 2.05) is 13.2 Å². The van der Waals surface area contributed by atoms with Gasteiger partial charge in [0.15, 0.2) is 0 Å². The summed E-state index contributed by atoms with van der Waals surface area (Å²) in [5, 5.41) is 0.484. The van der Waals surface area contributed by atoms with Gasteiger partial charge in [-0.1, -0.05) is 18.5 Å². The van der Waals surface area contributed by atoms with E-state index in [-0.39, 0.29) is 17.4 Å². The molecule has 3 N–H and O–H groups in total. The normalized spacial score (nSPS) is 13.5. The van der Waals surface area contributed by atoms with Crippen LogP contribution in [0, 0.1) is 5.92 Å². The minimum absolute atomic E-state index is 0.203. The zero-order valence-electron chi connectivity index (χ0n) is 11.0. The van der Waals surface area contributed by atoms with Crippen LogP contribution in [0.25, 0.3) is 0 Å². The average molecular weight is 323 g/mol. The van der Waals surface area contributed by atoms with E-state index >= 15 is 0 Å². The van der Waals surface area contributed by atoms with Gasteiger partial charge in [-0.05, 0) is 41.7 Å². The van der Waals surface area contributed by atoms with Crippen LogP contribution in [-0.4, -0.2) is 27.0 Å². The third kappa shape index (κ3) is 4.96. The van der Waals surface area contributed by atoms with Crippen molar-refractivity contribution in [3.05, 3.63) is 28.8 Å². The molecule has 1 aromatic rings. The Labute approximate surface area is 124 Å². The van der Waals surface area contributed by atoms with Crippen LogP contribution in [0.15, 0.2) is 23.1 Å². The lowest BCUT2D eigenvalue weighted by Gasteiger charge is -2.12. The maximum atomic E-state index is 12.1. The fourth-order valence-corrected chi connectivity index (χ4v) is 3.65. The van der Waals surface area contributed by atoms with Crippen molar-refractivity contribution < 1.29 is 8.42 Å². The Morgan fingerprint density at radius 1 is 1.47 bits per heavy atom. The molecule has 108 valence electrons. The zero-order valence-corrected chi connectivity index (χ0v) is 13.4. The van der Waals surface area contributed by atoms with Crippen LogP contribution in [0.5, 0.6) is 0 Å². The molecule has 4 nitrogen and oxygen atoms in total. The maximum absolute atomic E-state index is 12.1. The lowest BCUT2D eigenvalue weighted by molar-refractivity contribution is 0.562. The van der Waals surface area contributed by atoms with Gasteiger partial charge >= 0.3 is 0 Å². The van der Waals surface area contributed by atoms with Crippen molar-refractivity contribution in [2.24, 2.45) is 11.7 Å². The first-order chi connectivity index (χ1) is 8.90. The van der Waals surface area contributed by atoms with Crippen LogP contribution in [-0.2, 0) is 16.6 Å². The van der Waals surface area contributed by atoms with E-state index < -0.39 is 10.0 Å². The van der Waals surface area contributed by atoms with Gasteiger partial charge in [0, 0.05) is 18.1 Å². The number of sulfonamides is 1. The summed E-state index contributed by atoms with van der Waals surface area (Å²) < 4.78 is 26.8. The molecule has 0 aliphatic carbocycles. The quantitative estimate of drug-likeness (QED) is 0.806. The lowest BCUT2D eigenvalue weighted by atomic mass is 10.2. The van der Waals surface area contributed by atoms with E-state index in [0.717, 1.165) is 5.75 Å². The molecule has 0 saturated heterocycles. The van der Waals surface area contributed by atoms with Crippen LogP contribution >= 0.6 is 23.4 Å². The smallest absolute Gasteiger partial charge is 0.240 e. The Kier molecular flexibility index (Phi) is 6.62. The SMILES string of the molecule is CSCC(C)CNS(=O)(=O)c1ccc(Cl)c(CN)c1. The summed E-state index contributed by atoms with van der Waals surface area (Å²) in [6.45, 7) is 2.64. The van der Waals surface area contributed by atoms with Crippen molar-refractivity contribution in [2.45, 2.75) is 18.4 Å². The summed E-state index contributed by atoms with van der Waals surface area (Å²) in [5.41, 5.74) is 6.15. The number of hydrogen-bond donors (Lipinski definition) is 2. The van der Waals surface area contributed by atoms with Crippen LogP contribution < -0.4 is 10.5 Å². The Hall–Kier alpha value is -0.270. The standard InChI is InChI=1S/C12H19ClN2O2S2/c1-9(8-18-2)7-15-19(16,17)11-3-4-12(13)10(5-11)6-14/h3-5,9,15H,6-8,14H2,1-2H3. The largest absolute Gasteiger partial charge is 0.326 e. The van der Waals surface area contributed by atoms with Gasteiger partial charge in [0.05, 0.1) is 4.90 Å². The van der Waals surface area contributed by atoms with Crippen LogP contribution in [0.1, 0.15) is 12.5 Å². The molecule has 1 rings (SSSR count). The van der Waals surface area contributed by atoms with E-state index in [0.29, 0.717) is 17.1 Å². The summed E-state index contributed by atoms with van der Waals surface area (Å²) in [4.78, 5) is 0.203. The third-order valence-corrected chi connectivity index (χ3v) is 5.31. The number of nitrogens with one attached hydrogen (secondary N) is 1. The molecule has 0 saturated carbocycles. The Bertz CT molecular complexity index is 520. The predicted molar refractivity (Wildman–Crippen MR) is 82.1 cm³/mol. The molecule has 0 aromatic heterocycles. The minimum atomic E-state index is -3.50. The third-order valence-electron chi connectivity index (χ3n) is 2.62. The van der Waals surface area contributed by atoms with Gasteiger partial charge in [-0.2, -0.15) is 11.8 Å². The van der Waals surface area contributed by atoms with Gasteiger partial charge in [0.25, 0.3) is 0 Å². The number of thioether (sulfide) groups is 1. The molecule has 1 aromatic carbocycles. The number of benzene rings is 1. The summed E-state index contributed by atoms with van der Waals surface area (Å²) in [5.74, 6) is 1.20. The van der Waals surface area contributed by atoms with Gasteiger partial charge in [-0.3, -0.25) is 0 Å². The molecule has 0 amide bonds. The highest BCUT2D eigenvalue weighted by Crippen LogP contribution is 2.20. The van der Waals surface area contributed by atoms with Gasteiger partial charge in [0.2, 0.25) is 10.0 Å². The second-order valence-electron chi connectivity index (χ2n) is 4.37. The fourth-order valence-electron chi connectivity index (χ4n) is 1.55. The summed E-state index contributed by atoms with van der Waals surface area (Å²) in [6, 6.07) is 4.57. The Morgan fingerprint density at radius 3 is 2.74 bits per heavy atom. The maximum Gasteiger partial charge on any atom is 0.240 e. The first kappa shape index (κ1) is 16.8. The summed E-state index contributed by atoms with van der Waals surface area (Å²) in [7, 11) is -3.50. The number of nitrogens with two attached hydrogens (primary N) is 1. The highest BCUT2D eigenvalue weighted by molar-refractivity contribution is 7.98. The van der Waals surface area contributed by atoms with Gasteiger partial charge in [-0.15, -0.1) is 0 Å². The van der Waals surface area contributed by atoms with Crippen molar-refractivity contribution in [2.75, 3.05) is 18.6 Å². The van der Waals surface area contributed by atoms with Gasteiger partial charge in [0.1, 0.15) is 0 Å². The van der Waals surface area contributed by atoms with Crippen LogP contribution in [0.2, 0.25) is 5.02 Å². The summed E-state index contributed by atoms with van der Waals surface area (Å²) >= 11 is 7.61. The molecule has 0 bridgehead atoms. The van der Waals surface area contributed by atoms with E-state index in [1.165, 1.54) is 12.1 Å². The first-order valence-electron chi connectivity index (χ1n) is 5.87. The molecule has 19 heavy (non-hydrogen) atoms. The number of rotatable bonds is 7. The second-order valence-corrected chi connectivity index (χ2v) is 7.45. The number of hydrogen-bond acceptors (Lipinski definition) is 4. The van der Waals surface area contributed by atoms with Gasteiger partial charge in [-0.25, -0.2) is 13.1 Å². The minimum Gasteiger partial charge on any atom is -0.326 e. The molecular weight excluding hydrogens is 304 g/mol. The molecule has 0 fully saturated rings. The summed E-state index contributed by atoms with van der Waals surface area (Å²) in [6.07, 6.45) is 2.00. The van der Waals surface area contributed by atoms with E-state index in [2.05, 4.69) is 4.72 Å².